The summed E-state index contributed by atoms with van der Waals surface area (Å²) in [5.41, 5.74) is 1.83. The van der Waals surface area contributed by atoms with Gasteiger partial charge in [-0.2, -0.15) is 9.90 Å². The molecule has 0 radical (unpaired) electrons. The molecule has 0 bridgehead atoms. The quantitative estimate of drug-likeness (QED) is 0.778. The maximum Gasteiger partial charge on any atom is 0.156 e. The molecule has 3 nitrogen and oxygen atoms in total. The molecule has 1 aliphatic carbocycles. The minimum absolute atomic E-state index is 0.536. The minimum Gasteiger partial charge on any atom is -0.180 e. The van der Waals surface area contributed by atoms with Crippen LogP contribution >= 0.6 is 15.9 Å². The van der Waals surface area contributed by atoms with Crippen LogP contribution in [0, 0.1) is 0 Å². The Balaban J connectivity index is 2.36. The van der Waals surface area contributed by atoms with Gasteiger partial charge in [-0.1, -0.05) is 6.58 Å². The van der Waals surface area contributed by atoms with Gasteiger partial charge in [-0.05, 0) is 41.3 Å². The predicted octanol–water partition coefficient (Wildman–Crippen LogP) is 2.41. The van der Waals surface area contributed by atoms with Crippen LogP contribution in [0.2, 0.25) is 0 Å². The van der Waals surface area contributed by atoms with Crippen LogP contribution in [0.3, 0.4) is 0 Å². The molecule has 0 aromatic carbocycles. The SMILES string of the molecule is C=C(C)c1nn(C2CC2)nc1Br. The Labute approximate surface area is 79.6 Å². The van der Waals surface area contributed by atoms with Gasteiger partial charge in [0.2, 0.25) is 0 Å². The van der Waals surface area contributed by atoms with E-state index in [-0.39, 0.29) is 0 Å². The first kappa shape index (κ1) is 7.98. The Morgan fingerprint density at radius 2 is 2.25 bits per heavy atom. The van der Waals surface area contributed by atoms with E-state index in [2.05, 4.69) is 32.7 Å². The fourth-order valence-corrected chi connectivity index (χ4v) is 1.61. The summed E-state index contributed by atoms with van der Waals surface area (Å²) in [6, 6.07) is 0.536. The number of allylic oxidation sites excluding steroid dienone is 1. The molecule has 1 heterocycles. The van der Waals surface area contributed by atoms with Gasteiger partial charge in [0.1, 0.15) is 5.69 Å². The van der Waals surface area contributed by atoms with E-state index in [1.165, 1.54) is 12.8 Å². The van der Waals surface area contributed by atoms with Crippen molar-refractivity contribution in [3.8, 4) is 0 Å². The maximum atomic E-state index is 4.33. The highest BCUT2D eigenvalue weighted by molar-refractivity contribution is 9.10. The molecule has 0 saturated heterocycles. The second-order valence-corrected chi connectivity index (χ2v) is 3.92. The van der Waals surface area contributed by atoms with Crippen LogP contribution in [-0.2, 0) is 0 Å². The maximum absolute atomic E-state index is 4.33. The summed E-state index contributed by atoms with van der Waals surface area (Å²) >= 11 is 3.36. The summed E-state index contributed by atoms with van der Waals surface area (Å²) in [5, 5.41) is 8.59. The highest BCUT2D eigenvalue weighted by atomic mass is 79.9. The second kappa shape index (κ2) is 2.69. The van der Waals surface area contributed by atoms with Gasteiger partial charge in [0.15, 0.2) is 4.60 Å². The summed E-state index contributed by atoms with van der Waals surface area (Å²) < 4.78 is 0.807. The van der Waals surface area contributed by atoms with Gasteiger partial charge < -0.3 is 0 Å². The van der Waals surface area contributed by atoms with E-state index in [1.54, 1.807) is 4.80 Å². The number of hydrogen-bond donors (Lipinski definition) is 0. The molecule has 64 valence electrons. The lowest BCUT2D eigenvalue weighted by Gasteiger charge is -1.91. The van der Waals surface area contributed by atoms with E-state index in [9.17, 15) is 0 Å². The zero-order valence-corrected chi connectivity index (χ0v) is 8.50. The minimum atomic E-state index is 0.536. The lowest BCUT2D eigenvalue weighted by molar-refractivity contribution is 0.550. The molecule has 2 rings (SSSR count). The van der Waals surface area contributed by atoms with Crippen molar-refractivity contribution in [1.82, 2.24) is 15.0 Å². The van der Waals surface area contributed by atoms with Gasteiger partial charge >= 0.3 is 0 Å². The highest BCUT2D eigenvalue weighted by Crippen LogP contribution is 2.34. The van der Waals surface area contributed by atoms with Gasteiger partial charge in [0.25, 0.3) is 0 Å². The van der Waals surface area contributed by atoms with E-state index in [4.69, 9.17) is 0 Å². The largest absolute Gasteiger partial charge is 0.180 e. The van der Waals surface area contributed by atoms with Crippen molar-refractivity contribution in [1.29, 1.82) is 0 Å². The molecule has 1 aromatic heterocycles. The third kappa shape index (κ3) is 1.31. The zero-order chi connectivity index (χ0) is 8.72. The molecule has 4 heteroatoms. The van der Waals surface area contributed by atoms with Crippen LogP contribution in [0.1, 0.15) is 31.5 Å². The van der Waals surface area contributed by atoms with E-state index in [0.29, 0.717) is 6.04 Å². The highest BCUT2D eigenvalue weighted by Gasteiger charge is 2.26. The summed E-state index contributed by atoms with van der Waals surface area (Å²) in [6.45, 7) is 5.77. The zero-order valence-electron chi connectivity index (χ0n) is 6.92. The van der Waals surface area contributed by atoms with Gasteiger partial charge in [-0.25, -0.2) is 0 Å². The molecule has 1 fully saturated rings. The molecule has 1 aromatic rings. The van der Waals surface area contributed by atoms with Crippen LogP contribution in [0.4, 0.5) is 0 Å². The fraction of sp³-hybridized carbons (Fsp3) is 0.500. The standard InChI is InChI=1S/C8H10BrN3/c1-5(2)7-8(9)11-12(10-7)6-3-4-6/h6H,1,3-4H2,2H3. The van der Waals surface area contributed by atoms with Crippen LogP contribution < -0.4 is 0 Å². The van der Waals surface area contributed by atoms with Gasteiger partial charge in [-0.3, -0.25) is 0 Å². The molecular weight excluding hydrogens is 218 g/mol. The van der Waals surface area contributed by atoms with Crippen LogP contribution in [-0.4, -0.2) is 15.0 Å². The average molecular weight is 228 g/mol. The molecule has 0 amide bonds. The summed E-state index contributed by atoms with van der Waals surface area (Å²) in [7, 11) is 0. The summed E-state index contributed by atoms with van der Waals surface area (Å²) in [6.07, 6.45) is 2.41. The van der Waals surface area contributed by atoms with Gasteiger partial charge in [0.05, 0.1) is 6.04 Å². The first-order valence-corrected chi connectivity index (χ1v) is 4.76. The van der Waals surface area contributed by atoms with Crippen molar-refractivity contribution in [2.45, 2.75) is 25.8 Å². The Morgan fingerprint density at radius 1 is 1.58 bits per heavy atom. The third-order valence-corrected chi connectivity index (χ3v) is 2.40. The Kier molecular flexibility index (Phi) is 1.79. The van der Waals surface area contributed by atoms with Crippen molar-refractivity contribution in [3.05, 3.63) is 16.9 Å². The predicted molar refractivity (Wildman–Crippen MR) is 50.7 cm³/mol. The average Bonchev–Trinajstić information content (AvgIpc) is 2.75. The van der Waals surface area contributed by atoms with Crippen molar-refractivity contribution >= 4 is 21.5 Å². The topological polar surface area (TPSA) is 30.7 Å². The first-order valence-electron chi connectivity index (χ1n) is 3.96. The molecule has 0 N–H and O–H groups in total. The number of rotatable bonds is 2. The Morgan fingerprint density at radius 3 is 2.67 bits per heavy atom. The normalized spacial score (nSPS) is 16.5. The number of aromatic nitrogens is 3. The van der Waals surface area contributed by atoms with Crippen LogP contribution in [0.15, 0.2) is 11.2 Å². The van der Waals surface area contributed by atoms with Crippen molar-refractivity contribution < 1.29 is 0 Å². The summed E-state index contributed by atoms with van der Waals surface area (Å²) in [5.74, 6) is 0. The fourth-order valence-electron chi connectivity index (χ4n) is 1.03. The molecule has 1 saturated carbocycles. The Bertz CT molecular complexity index is 325. The van der Waals surface area contributed by atoms with E-state index >= 15 is 0 Å². The molecule has 0 unspecified atom stereocenters. The molecule has 12 heavy (non-hydrogen) atoms. The lowest BCUT2D eigenvalue weighted by Crippen LogP contribution is -1.98. The number of halogens is 1. The van der Waals surface area contributed by atoms with Gasteiger partial charge in [-0.15, -0.1) is 5.10 Å². The molecule has 0 atom stereocenters. The van der Waals surface area contributed by atoms with Crippen LogP contribution in [0.5, 0.6) is 0 Å². The van der Waals surface area contributed by atoms with E-state index < -0.39 is 0 Å². The van der Waals surface area contributed by atoms with Crippen molar-refractivity contribution in [2.75, 3.05) is 0 Å². The van der Waals surface area contributed by atoms with Crippen molar-refractivity contribution in [3.63, 3.8) is 0 Å². The van der Waals surface area contributed by atoms with Crippen molar-refractivity contribution in [2.24, 2.45) is 0 Å². The Hall–Kier alpha value is -0.640. The monoisotopic (exact) mass is 227 g/mol. The summed E-state index contributed by atoms with van der Waals surface area (Å²) in [4.78, 5) is 1.79. The molecular formula is C8H10BrN3. The van der Waals surface area contributed by atoms with E-state index in [0.717, 1.165) is 15.9 Å². The lowest BCUT2D eigenvalue weighted by atomic mass is 10.3. The third-order valence-electron chi connectivity index (χ3n) is 1.87. The first-order chi connectivity index (χ1) is 5.68. The molecule has 0 aliphatic heterocycles. The van der Waals surface area contributed by atoms with Crippen LogP contribution in [0.25, 0.3) is 5.57 Å². The number of hydrogen-bond acceptors (Lipinski definition) is 2. The smallest absolute Gasteiger partial charge is 0.156 e. The second-order valence-electron chi connectivity index (χ2n) is 3.17. The molecule has 0 spiro atoms. The number of nitrogens with zero attached hydrogens (tertiary/aromatic N) is 3. The van der Waals surface area contributed by atoms with E-state index in [1.807, 2.05) is 6.92 Å². The molecule has 1 aliphatic rings. The van der Waals surface area contributed by atoms with Gasteiger partial charge in [0, 0.05) is 0 Å².